The van der Waals surface area contributed by atoms with Crippen molar-refractivity contribution in [3.63, 3.8) is 0 Å². The molecule has 0 saturated heterocycles. The molecule has 0 bridgehead atoms. The van der Waals surface area contributed by atoms with Gasteiger partial charge in [-0.15, -0.1) is 0 Å². The van der Waals surface area contributed by atoms with Crippen molar-refractivity contribution in [2.45, 2.75) is 46.1 Å². The quantitative estimate of drug-likeness (QED) is 0.764. The maximum absolute atomic E-state index is 3.43. The molecule has 0 saturated carbocycles. The molecule has 1 aromatic rings. The average molecular weight is 219 g/mol. The first kappa shape index (κ1) is 13.2. The normalized spacial score (nSPS) is 13.1. The van der Waals surface area contributed by atoms with Crippen LogP contribution in [0.15, 0.2) is 24.3 Å². The lowest BCUT2D eigenvalue weighted by Crippen LogP contribution is -2.17. The fourth-order valence-electron chi connectivity index (χ4n) is 2.01. The number of hydrogen-bond donors (Lipinski definition) is 1. The Morgan fingerprint density at radius 2 is 1.94 bits per heavy atom. The predicted molar refractivity (Wildman–Crippen MR) is 71.7 cm³/mol. The summed E-state index contributed by atoms with van der Waals surface area (Å²) in [6, 6.07) is 9.46. The van der Waals surface area contributed by atoms with Gasteiger partial charge in [0.15, 0.2) is 0 Å². The van der Waals surface area contributed by atoms with Crippen molar-refractivity contribution >= 4 is 0 Å². The van der Waals surface area contributed by atoms with E-state index in [2.05, 4.69) is 57.4 Å². The van der Waals surface area contributed by atoms with Gasteiger partial charge in [-0.1, -0.05) is 45.0 Å². The van der Waals surface area contributed by atoms with Crippen LogP contribution in [0.25, 0.3) is 0 Å². The average Bonchev–Trinajstić information content (AvgIpc) is 2.30. The monoisotopic (exact) mass is 219 g/mol. The molecule has 1 heteroatoms. The van der Waals surface area contributed by atoms with Crippen molar-refractivity contribution < 1.29 is 0 Å². The van der Waals surface area contributed by atoms with E-state index >= 15 is 0 Å². The highest BCUT2D eigenvalue weighted by atomic mass is 14.9. The van der Waals surface area contributed by atoms with Crippen LogP contribution in [0.3, 0.4) is 0 Å². The molecular weight excluding hydrogens is 194 g/mol. The lowest BCUT2D eigenvalue weighted by molar-refractivity contribution is 0.465. The Hall–Kier alpha value is -0.820. The maximum atomic E-state index is 3.43. The van der Waals surface area contributed by atoms with Gasteiger partial charge >= 0.3 is 0 Å². The van der Waals surface area contributed by atoms with Crippen LogP contribution in [-0.4, -0.2) is 7.05 Å². The van der Waals surface area contributed by atoms with E-state index in [9.17, 15) is 0 Å². The van der Waals surface area contributed by atoms with Crippen molar-refractivity contribution in [3.05, 3.63) is 35.4 Å². The van der Waals surface area contributed by atoms with E-state index in [1.165, 1.54) is 24.0 Å². The first-order chi connectivity index (χ1) is 7.67. The summed E-state index contributed by atoms with van der Waals surface area (Å²) in [6.45, 7) is 6.78. The first-order valence-corrected chi connectivity index (χ1v) is 6.43. The Bertz CT molecular complexity index is 304. The zero-order chi connectivity index (χ0) is 12.0. The highest BCUT2D eigenvalue weighted by Crippen LogP contribution is 2.21. The van der Waals surface area contributed by atoms with Crippen LogP contribution < -0.4 is 5.32 Å². The van der Waals surface area contributed by atoms with Crippen LogP contribution in [-0.2, 0) is 6.42 Å². The van der Waals surface area contributed by atoms with E-state index in [1.807, 2.05) is 0 Å². The van der Waals surface area contributed by atoms with Crippen molar-refractivity contribution in [2.75, 3.05) is 7.05 Å². The van der Waals surface area contributed by atoms with E-state index < -0.39 is 0 Å². The summed E-state index contributed by atoms with van der Waals surface area (Å²) in [7, 11) is 2.06. The third-order valence-electron chi connectivity index (χ3n) is 3.14. The van der Waals surface area contributed by atoms with E-state index in [-0.39, 0.29) is 0 Å². The summed E-state index contributed by atoms with van der Waals surface area (Å²) in [5, 5.41) is 3.43. The van der Waals surface area contributed by atoms with Gasteiger partial charge in [-0.25, -0.2) is 0 Å². The van der Waals surface area contributed by atoms with Gasteiger partial charge in [0.2, 0.25) is 0 Å². The van der Waals surface area contributed by atoms with Gasteiger partial charge in [-0.05, 0) is 43.4 Å². The van der Waals surface area contributed by atoms with Crippen molar-refractivity contribution in [1.29, 1.82) is 0 Å². The van der Waals surface area contributed by atoms with Gasteiger partial charge in [0.25, 0.3) is 0 Å². The molecule has 0 aliphatic rings. The largest absolute Gasteiger partial charge is 0.313 e. The van der Waals surface area contributed by atoms with Crippen LogP contribution in [0.1, 0.15) is 50.8 Å². The van der Waals surface area contributed by atoms with Gasteiger partial charge in [-0.2, -0.15) is 0 Å². The molecule has 0 radical (unpaired) electrons. The van der Waals surface area contributed by atoms with E-state index in [1.54, 1.807) is 0 Å². The summed E-state index contributed by atoms with van der Waals surface area (Å²) in [6.07, 6.45) is 3.62. The molecule has 1 N–H and O–H groups in total. The predicted octanol–water partition coefficient (Wildman–Crippen LogP) is 3.95. The highest BCUT2D eigenvalue weighted by Gasteiger charge is 2.09. The van der Waals surface area contributed by atoms with Crippen LogP contribution in [0.5, 0.6) is 0 Å². The number of nitrogens with one attached hydrogen (secondary N) is 1. The third kappa shape index (κ3) is 3.97. The summed E-state index contributed by atoms with van der Waals surface area (Å²) in [5.41, 5.74) is 2.87. The number of aryl methyl sites for hydroxylation is 1. The minimum Gasteiger partial charge on any atom is -0.313 e. The standard InChI is InChI=1S/C15H25N/c1-5-13-7-6-8-14(11-13)15(16-4)10-9-12(2)3/h6-8,11-12,15-16H,5,9-10H2,1-4H3. The van der Waals surface area contributed by atoms with Crippen LogP contribution >= 0.6 is 0 Å². The molecule has 0 aliphatic heterocycles. The van der Waals surface area contributed by atoms with E-state index in [0.717, 1.165) is 12.3 Å². The molecule has 0 aromatic heterocycles. The van der Waals surface area contributed by atoms with Crippen molar-refractivity contribution in [3.8, 4) is 0 Å². The topological polar surface area (TPSA) is 12.0 Å². The van der Waals surface area contributed by atoms with Crippen molar-refractivity contribution in [2.24, 2.45) is 5.92 Å². The molecule has 16 heavy (non-hydrogen) atoms. The molecule has 0 fully saturated rings. The second-order valence-electron chi connectivity index (χ2n) is 4.91. The molecule has 1 aromatic carbocycles. The second-order valence-corrected chi connectivity index (χ2v) is 4.91. The number of benzene rings is 1. The summed E-state index contributed by atoms with van der Waals surface area (Å²) in [5.74, 6) is 0.783. The Balaban J connectivity index is 2.70. The Morgan fingerprint density at radius 1 is 1.19 bits per heavy atom. The lowest BCUT2D eigenvalue weighted by atomic mass is 9.96. The summed E-state index contributed by atoms with van der Waals surface area (Å²) < 4.78 is 0. The third-order valence-corrected chi connectivity index (χ3v) is 3.14. The van der Waals surface area contributed by atoms with E-state index in [0.29, 0.717) is 6.04 Å². The molecular formula is C15H25N. The van der Waals surface area contributed by atoms with Gasteiger partial charge in [0, 0.05) is 6.04 Å². The Morgan fingerprint density at radius 3 is 2.50 bits per heavy atom. The minimum atomic E-state index is 0.508. The molecule has 1 atom stereocenters. The first-order valence-electron chi connectivity index (χ1n) is 6.43. The van der Waals surface area contributed by atoms with Crippen LogP contribution in [0.4, 0.5) is 0 Å². The van der Waals surface area contributed by atoms with Crippen molar-refractivity contribution in [1.82, 2.24) is 5.32 Å². The fraction of sp³-hybridized carbons (Fsp3) is 0.600. The molecule has 0 amide bonds. The zero-order valence-corrected chi connectivity index (χ0v) is 11.1. The molecule has 1 rings (SSSR count). The van der Waals surface area contributed by atoms with E-state index in [4.69, 9.17) is 0 Å². The van der Waals surface area contributed by atoms with Gasteiger partial charge in [0.05, 0.1) is 0 Å². The van der Waals surface area contributed by atoms with Crippen LogP contribution in [0, 0.1) is 5.92 Å². The summed E-state index contributed by atoms with van der Waals surface area (Å²) in [4.78, 5) is 0. The van der Waals surface area contributed by atoms with Gasteiger partial charge in [-0.3, -0.25) is 0 Å². The fourth-order valence-corrected chi connectivity index (χ4v) is 2.01. The Kier molecular flexibility index (Phi) is 5.54. The minimum absolute atomic E-state index is 0.508. The highest BCUT2D eigenvalue weighted by molar-refractivity contribution is 5.26. The maximum Gasteiger partial charge on any atom is 0.0317 e. The van der Waals surface area contributed by atoms with Gasteiger partial charge in [0.1, 0.15) is 0 Å². The SMILES string of the molecule is CCc1cccc(C(CCC(C)C)NC)c1. The molecule has 0 aliphatic carbocycles. The molecule has 90 valence electrons. The lowest BCUT2D eigenvalue weighted by Gasteiger charge is -2.18. The zero-order valence-electron chi connectivity index (χ0n) is 11.1. The molecule has 1 unspecified atom stereocenters. The molecule has 0 heterocycles. The Labute approximate surface area is 100 Å². The smallest absolute Gasteiger partial charge is 0.0317 e. The second kappa shape index (κ2) is 6.70. The number of rotatable bonds is 6. The summed E-state index contributed by atoms with van der Waals surface area (Å²) >= 11 is 0. The number of hydrogen-bond acceptors (Lipinski definition) is 1. The molecule has 0 spiro atoms. The van der Waals surface area contributed by atoms with Crippen LogP contribution in [0.2, 0.25) is 0 Å². The molecule has 1 nitrogen and oxygen atoms in total. The van der Waals surface area contributed by atoms with Gasteiger partial charge < -0.3 is 5.32 Å².